The molecule has 1 saturated carbocycles. The van der Waals surface area contributed by atoms with Gasteiger partial charge >= 0.3 is 0 Å². The van der Waals surface area contributed by atoms with Gasteiger partial charge in [0.15, 0.2) is 12.0 Å². The van der Waals surface area contributed by atoms with Gasteiger partial charge < -0.3 is 5.11 Å². The van der Waals surface area contributed by atoms with E-state index in [4.69, 9.17) is 11.6 Å². The molecule has 10 heteroatoms. The van der Waals surface area contributed by atoms with Gasteiger partial charge in [-0.1, -0.05) is 18.2 Å². The van der Waals surface area contributed by atoms with Crippen LogP contribution in [-0.2, 0) is 6.42 Å². The summed E-state index contributed by atoms with van der Waals surface area (Å²) in [7, 11) is 0. The first kappa shape index (κ1) is 15.2. The van der Waals surface area contributed by atoms with Crippen LogP contribution < -0.4 is 10.1 Å². The minimum atomic E-state index is -0.612. The predicted octanol–water partition coefficient (Wildman–Crippen LogP) is 1.60. The molecule has 1 aromatic carbocycles. The van der Waals surface area contributed by atoms with Crippen LogP contribution in [0.3, 0.4) is 0 Å². The molecule has 0 radical (unpaired) electrons. The minimum absolute atomic E-state index is 0.235. The summed E-state index contributed by atoms with van der Waals surface area (Å²) in [6.07, 6.45) is 7.14. The molecule has 1 fully saturated rings. The van der Waals surface area contributed by atoms with E-state index < -0.39 is 5.60 Å². The molecule has 0 spiro atoms. The van der Waals surface area contributed by atoms with Gasteiger partial charge in [0, 0.05) is 12.0 Å². The lowest BCUT2D eigenvalue weighted by atomic mass is 10.1. The minimum Gasteiger partial charge on any atom is -0.389 e. The number of para-hydroxylation sites is 1. The van der Waals surface area contributed by atoms with Crippen molar-refractivity contribution in [2.24, 2.45) is 4.99 Å². The number of halogens is 1. The Bertz CT molecular complexity index is 1080. The molecule has 3 aliphatic rings. The maximum Gasteiger partial charge on any atom is 0.209 e. The number of hydrogen-bond acceptors (Lipinski definition) is 7. The zero-order chi connectivity index (χ0) is 18.2. The number of imidazole rings is 1. The number of hydrogen-bond donors (Lipinski definition) is 1. The van der Waals surface area contributed by atoms with E-state index in [1.54, 1.807) is 22.4 Å². The molecule has 136 valence electrons. The van der Waals surface area contributed by atoms with Gasteiger partial charge in [0.05, 0.1) is 29.4 Å². The second kappa shape index (κ2) is 5.08. The normalized spacial score (nSPS) is 21.2. The lowest BCUT2D eigenvalue weighted by molar-refractivity contribution is 0.149. The lowest BCUT2D eigenvalue weighted by Gasteiger charge is -2.36. The second-order valence-electron chi connectivity index (χ2n) is 7.11. The average Bonchev–Trinajstić information content (AvgIpc) is 3.07. The predicted molar refractivity (Wildman–Crippen MR) is 98.4 cm³/mol. The summed E-state index contributed by atoms with van der Waals surface area (Å²) in [5.41, 5.74) is 2.12. The number of fused-ring (bicyclic) bond motifs is 6. The van der Waals surface area contributed by atoms with Crippen molar-refractivity contribution in [1.82, 2.24) is 24.7 Å². The van der Waals surface area contributed by atoms with Crippen molar-refractivity contribution in [1.29, 1.82) is 0 Å². The Labute approximate surface area is 159 Å². The zero-order valence-electron chi connectivity index (χ0n) is 14.1. The van der Waals surface area contributed by atoms with Gasteiger partial charge in [0.2, 0.25) is 5.28 Å². The molecule has 1 N–H and O–H groups in total. The summed E-state index contributed by atoms with van der Waals surface area (Å²) < 4.78 is 1.89. The lowest BCUT2D eigenvalue weighted by Crippen LogP contribution is -2.49. The third-order valence-electron chi connectivity index (χ3n) is 5.23. The largest absolute Gasteiger partial charge is 0.389 e. The maximum absolute atomic E-state index is 10.1. The van der Waals surface area contributed by atoms with E-state index >= 15 is 0 Å². The monoisotopic (exact) mass is 382 g/mol. The van der Waals surface area contributed by atoms with Crippen LogP contribution in [0.5, 0.6) is 0 Å². The highest BCUT2D eigenvalue weighted by atomic mass is 35.5. The highest BCUT2D eigenvalue weighted by Crippen LogP contribution is 2.43. The summed E-state index contributed by atoms with van der Waals surface area (Å²) in [6, 6.07) is 7.99. The molecule has 0 saturated heterocycles. The van der Waals surface area contributed by atoms with Crippen LogP contribution in [-0.4, -0.2) is 41.7 Å². The number of aliphatic hydroxyl groups is 1. The fraction of sp³-hybridized carbons (Fsp3) is 0.294. The van der Waals surface area contributed by atoms with Gasteiger partial charge in [-0.25, -0.2) is 15.0 Å². The maximum atomic E-state index is 10.1. The first-order valence-corrected chi connectivity index (χ1v) is 9.09. The molecule has 1 unspecified atom stereocenters. The first-order chi connectivity index (χ1) is 13.1. The van der Waals surface area contributed by atoms with E-state index in [9.17, 15) is 5.11 Å². The molecule has 1 aliphatic carbocycles. The Kier molecular flexibility index (Phi) is 2.86. The van der Waals surface area contributed by atoms with Gasteiger partial charge in [-0.3, -0.25) is 4.57 Å². The van der Waals surface area contributed by atoms with Crippen LogP contribution in [0.4, 0.5) is 5.82 Å². The Balaban J connectivity index is 1.42. The van der Waals surface area contributed by atoms with Crippen molar-refractivity contribution in [2.75, 3.05) is 10.1 Å². The summed E-state index contributed by atoms with van der Waals surface area (Å²) in [6.45, 7) is 0. The molecule has 0 bridgehead atoms. The van der Waals surface area contributed by atoms with Crippen molar-refractivity contribution in [2.45, 2.75) is 31.0 Å². The van der Waals surface area contributed by atoms with Gasteiger partial charge in [0.1, 0.15) is 6.34 Å². The number of aliphatic imine (C=N–C) groups is 1. The Morgan fingerprint density at radius 2 is 2.11 bits per heavy atom. The fourth-order valence-corrected chi connectivity index (χ4v) is 3.92. The van der Waals surface area contributed by atoms with Gasteiger partial charge in [0.25, 0.3) is 0 Å². The van der Waals surface area contributed by atoms with Crippen LogP contribution in [0.1, 0.15) is 30.3 Å². The molecule has 2 aliphatic heterocycles. The molecule has 0 amide bonds. The first-order valence-electron chi connectivity index (χ1n) is 8.71. The summed E-state index contributed by atoms with van der Waals surface area (Å²) >= 11 is 6.36. The molecular formula is C17H15ClN8O. The highest BCUT2D eigenvalue weighted by Gasteiger charge is 2.42. The molecule has 6 rings (SSSR count). The third kappa shape index (κ3) is 2.15. The van der Waals surface area contributed by atoms with Crippen LogP contribution in [0.15, 0.2) is 41.7 Å². The number of hydrazine groups is 1. The smallest absolute Gasteiger partial charge is 0.209 e. The Hall–Kier alpha value is -2.91. The Morgan fingerprint density at radius 3 is 2.96 bits per heavy atom. The van der Waals surface area contributed by atoms with Crippen LogP contribution >= 0.6 is 11.6 Å². The van der Waals surface area contributed by atoms with Crippen LogP contribution in [0, 0.1) is 0 Å². The van der Waals surface area contributed by atoms with Crippen molar-refractivity contribution in [3.8, 4) is 5.69 Å². The summed E-state index contributed by atoms with van der Waals surface area (Å²) in [5, 5.41) is 22.7. The van der Waals surface area contributed by atoms with Crippen molar-refractivity contribution in [3.63, 3.8) is 0 Å². The van der Waals surface area contributed by atoms with Crippen molar-refractivity contribution >= 4 is 23.8 Å². The number of anilines is 1. The second-order valence-corrected chi connectivity index (χ2v) is 7.45. The molecule has 2 aromatic heterocycles. The Morgan fingerprint density at radius 1 is 1.26 bits per heavy atom. The molecule has 27 heavy (non-hydrogen) atoms. The van der Waals surface area contributed by atoms with E-state index in [1.165, 1.54) is 0 Å². The molecule has 9 nitrogen and oxygen atoms in total. The summed E-state index contributed by atoms with van der Waals surface area (Å²) in [4.78, 5) is 10.6. The third-order valence-corrected chi connectivity index (χ3v) is 5.50. The van der Waals surface area contributed by atoms with E-state index in [2.05, 4.69) is 20.3 Å². The number of benzene rings is 1. The van der Waals surface area contributed by atoms with E-state index in [0.717, 1.165) is 35.6 Å². The van der Waals surface area contributed by atoms with Crippen LogP contribution in [0.25, 0.3) is 5.69 Å². The van der Waals surface area contributed by atoms with Gasteiger partial charge in [-0.15, -0.1) is 9.89 Å². The van der Waals surface area contributed by atoms with E-state index in [-0.39, 0.29) is 6.17 Å². The summed E-state index contributed by atoms with van der Waals surface area (Å²) in [5.74, 6) is 0.791. The molecule has 3 aromatic rings. The number of aromatic nitrogens is 5. The zero-order valence-corrected chi connectivity index (χ0v) is 14.9. The number of rotatable bonds is 3. The molecular weight excluding hydrogens is 368 g/mol. The topological polar surface area (TPSA) is 87.6 Å². The molecule has 4 heterocycles. The van der Waals surface area contributed by atoms with Crippen molar-refractivity contribution in [3.05, 3.63) is 53.2 Å². The van der Waals surface area contributed by atoms with Crippen molar-refractivity contribution < 1.29 is 5.11 Å². The van der Waals surface area contributed by atoms with Gasteiger partial charge in [-0.05, 0) is 35.7 Å². The van der Waals surface area contributed by atoms with Gasteiger partial charge in [-0.2, -0.15) is 5.12 Å². The van der Waals surface area contributed by atoms with E-state index in [0.29, 0.717) is 11.7 Å². The quantitative estimate of drug-likeness (QED) is 0.740. The SMILES string of the molecule is OC1(Cc2cn(N3C=NC4c5ccccc5-n5c(cnc5Cl)N43)nn2)CC1. The highest BCUT2D eigenvalue weighted by molar-refractivity contribution is 6.29. The number of nitrogens with zero attached hydrogens (tertiary/aromatic N) is 8. The average molecular weight is 383 g/mol. The van der Waals surface area contributed by atoms with E-state index in [1.807, 2.05) is 40.0 Å². The fourth-order valence-electron chi connectivity index (χ4n) is 3.69. The van der Waals surface area contributed by atoms with Crippen LogP contribution in [0.2, 0.25) is 5.28 Å². The molecule has 1 atom stereocenters. The standard InChI is InChI=1S/C17H15ClN8O/c18-16-19-8-14-25(16)13-4-2-1-3-12(13)15-20-10-24(26(14)15)23-9-11(21-22-23)7-17(27)5-6-17/h1-4,8-10,15,27H,5-7H2.